The topological polar surface area (TPSA) is 46.1 Å². The van der Waals surface area contributed by atoms with Crippen molar-refractivity contribution in [1.82, 2.24) is 14.5 Å². The molecule has 6 heteroatoms. The number of carbonyl (C=O) groups excluding carboxylic acids is 1. The first-order chi connectivity index (χ1) is 9.65. The van der Waals surface area contributed by atoms with Crippen LogP contribution < -0.4 is 0 Å². The molecular formula is C14H16ClN3OS. The highest BCUT2D eigenvalue weighted by molar-refractivity contribution is 7.07. The average Bonchev–Trinajstić information content (AvgIpc) is 2.92. The molecule has 0 unspecified atom stereocenters. The zero-order valence-corrected chi connectivity index (χ0v) is 13.0. The summed E-state index contributed by atoms with van der Waals surface area (Å²) in [7, 11) is 0. The van der Waals surface area contributed by atoms with Gasteiger partial charge in [-0.1, -0.05) is 35.1 Å². The van der Waals surface area contributed by atoms with Gasteiger partial charge in [-0.25, -0.2) is 0 Å². The molecule has 2 aromatic rings. The molecule has 0 aliphatic heterocycles. The number of hydrogen-bond acceptors (Lipinski definition) is 4. The molecule has 0 saturated carbocycles. The minimum Gasteiger partial charge on any atom is -0.334 e. The Morgan fingerprint density at radius 1 is 1.40 bits per heavy atom. The zero-order valence-electron chi connectivity index (χ0n) is 11.5. The van der Waals surface area contributed by atoms with Gasteiger partial charge in [0.25, 0.3) is 5.91 Å². The average molecular weight is 310 g/mol. The predicted molar refractivity (Wildman–Crippen MR) is 81.2 cm³/mol. The number of nitrogens with zero attached hydrogens (tertiary/aromatic N) is 3. The quantitative estimate of drug-likeness (QED) is 0.850. The van der Waals surface area contributed by atoms with Crippen LogP contribution in [0.25, 0.3) is 0 Å². The Morgan fingerprint density at radius 3 is 2.85 bits per heavy atom. The maximum Gasteiger partial charge on any atom is 0.267 e. The van der Waals surface area contributed by atoms with Gasteiger partial charge in [-0.3, -0.25) is 4.79 Å². The number of halogens is 1. The third-order valence-corrected chi connectivity index (χ3v) is 4.01. The van der Waals surface area contributed by atoms with Crippen LogP contribution in [0.15, 0.2) is 24.3 Å². The summed E-state index contributed by atoms with van der Waals surface area (Å²) >= 11 is 7.14. The van der Waals surface area contributed by atoms with Gasteiger partial charge in [0, 0.05) is 18.1 Å². The first-order valence-electron chi connectivity index (χ1n) is 6.50. The Morgan fingerprint density at radius 2 is 2.20 bits per heavy atom. The minimum absolute atomic E-state index is 0.0145. The van der Waals surface area contributed by atoms with E-state index in [0.717, 1.165) is 22.8 Å². The third kappa shape index (κ3) is 3.35. The highest BCUT2D eigenvalue weighted by atomic mass is 35.5. The molecule has 2 rings (SSSR count). The lowest BCUT2D eigenvalue weighted by Crippen LogP contribution is -2.30. The smallest absolute Gasteiger partial charge is 0.267 e. The number of aryl methyl sites for hydroxylation is 1. The van der Waals surface area contributed by atoms with Crippen molar-refractivity contribution in [3.05, 3.63) is 45.4 Å². The van der Waals surface area contributed by atoms with Crippen LogP contribution in [0, 0.1) is 0 Å². The lowest BCUT2D eigenvalue weighted by Gasteiger charge is -2.20. The Bertz CT molecular complexity index is 600. The van der Waals surface area contributed by atoms with E-state index in [1.54, 1.807) is 4.90 Å². The molecule has 0 saturated heterocycles. The second kappa shape index (κ2) is 6.81. The normalized spacial score (nSPS) is 10.6. The van der Waals surface area contributed by atoms with E-state index >= 15 is 0 Å². The molecule has 0 atom stereocenters. The molecule has 1 aromatic carbocycles. The van der Waals surface area contributed by atoms with E-state index in [4.69, 9.17) is 11.6 Å². The molecule has 0 fully saturated rings. The summed E-state index contributed by atoms with van der Waals surface area (Å²) in [6.07, 6.45) is 0.715. The van der Waals surface area contributed by atoms with Crippen LogP contribution in [0.5, 0.6) is 0 Å². The summed E-state index contributed by atoms with van der Waals surface area (Å²) in [5.41, 5.74) is 1.78. The van der Waals surface area contributed by atoms with E-state index in [2.05, 4.69) is 9.59 Å². The van der Waals surface area contributed by atoms with Crippen molar-refractivity contribution in [3.63, 3.8) is 0 Å². The van der Waals surface area contributed by atoms with Crippen LogP contribution in [0.4, 0.5) is 0 Å². The Labute approximate surface area is 127 Å². The van der Waals surface area contributed by atoms with Gasteiger partial charge < -0.3 is 4.90 Å². The number of carbonyl (C=O) groups is 1. The van der Waals surface area contributed by atoms with Gasteiger partial charge in [-0.15, -0.1) is 5.10 Å². The van der Waals surface area contributed by atoms with Gasteiger partial charge in [-0.2, -0.15) is 0 Å². The predicted octanol–water partition coefficient (Wildman–Crippen LogP) is 3.42. The largest absolute Gasteiger partial charge is 0.334 e. The number of amides is 1. The van der Waals surface area contributed by atoms with E-state index in [1.165, 1.54) is 0 Å². The van der Waals surface area contributed by atoms with Gasteiger partial charge in [0.15, 0.2) is 0 Å². The molecule has 0 spiro atoms. The summed E-state index contributed by atoms with van der Waals surface area (Å²) in [4.78, 5) is 14.9. The summed E-state index contributed by atoms with van der Waals surface area (Å²) < 4.78 is 3.87. The fraction of sp³-hybridized carbons (Fsp3) is 0.357. The van der Waals surface area contributed by atoms with Crippen LogP contribution in [-0.4, -0.2) is 26.9 Å². The van der Waals surface area contributed by atoms with Gasteiger partial charge >= 0.3 is 0 Å². The van der Waals surface area contributed by atoms with Gasteiger partial charge in [0.05, 0.1) is 5.69 Å². The highest BCUT2D eigenvalue weighted by Gasteiger charge is 2.20. The first kappa shape index (κ1) is 14.9. The molecule has 0 radical (unpaired) electrons. The molecule has 1 amide bonds. The fourth-order valence-electron chi connectivity index (χ4n) is 1.93. The highest BCUT2D eigenvalue weighted by Crippen LogP contribution is 2.17. The Kier molecular flexibility index (Phi) is 5.09. The van der Waals surface area contributed by atoms with Crippen molar-refractivity contribution in [3.8, 4) is 0 Å². The fourth-order valence-corrected chi connectivity index (χ4v) is 2.86. The Balaban J connectivity index is 2.18. The van der Waals surface area contributed by atoms with Crippen molar-refractivity contribution < 1.29 is 4.79 Å². The second-order valence-corrected chi connectivity index (χ2v) is 5.54. The van der Waals surface area contributed by atoms with Crippen LogP contribution in [0.1, 0.15) is 34.8 Å². The van der Waals surface area contributed by atoms with Crippen molar-refractivity contribution in [2.24, 2.45) is 0 Å². The number of aromatic nitrogens is 2. The first-order valence-corrected chi connectivity index (χ1v) is 7.65. The number of hydrogen-bond donors (Lipinski definition) is 0. The van der Waals surface area contributed by atoms with Crippen LogP contribution >= 0.6 is 23.1 Å². The van der Waals surface area contributed by atoms with Crippen molar-refractivity contribution in [1.29, 1.82) is 0 Å². The molecule has 0 aliphatic carbocycles. The Hall–Kier alpha value is -1.46. The van der Waals surface area contributed by atoms with Gasteiger partial charge in [-0.05, 0) is 42.6 Å². The molecule has 1 heterocycles. The van der Waals surface area contributed by atoms with E-state index in [1.807, 2.05) is 38.1 Å². The maximum absolute atomic E-state index is 12.5. The number of rotatable bonds is 5. The summed E-state index contributed by atoms with van der Waals surface area (Å²) in [5.74, 6) is -0.0145. The second-order valence-electron chi connectivity index (χ2n) is 4.35. The molecule has 0 aliphatic rings. The van der Waals surface area contributed by atoms with Crippen molar-refractivity contribution >= 4 is 29.0 Å². The molecule has 0 N–H and O–H groups in total. The third-order valence-electron chi connectivity index (χ3n) is 3.02. The summed E-state index contributed by atoms with van der Waals surface area (Å²) in [6, 6.07) is 7.56. The van der Waals surface area contributed by atoms with Crippen LogP contribution in [-0.2, 0) is 13.0 Å². The van der Waals surface area contributed by atoms with Crippen LogP contribution in [0.3, 0.4) is 0 Å². The van der Waals surface area contributed by atoms with Crippen LogP contribution in [0.2, 0.25) is 5.02 Å². The van der Waals surface area contributed by atoms with E-state index in [9.17, 15) is 4.79 Å². The molecule has 1 aromatic heterocycles. The van der Waals surface area contributed by atoms with Gasteiger partial charge in [0.2, 0.25) is 0 Å². The summed E-state index contributed by atoms with van der Waals surface area (Å²) in [5, 5.41) is 4.67. The minimum atomic E-state index is -0.0145. The van der Waals surface area contributed by atoms with Gasteiger partial charge in [0.1, 0.15) is 4.88 Å². The lowest BCUT2D eigenvalue weighted by molar-refractivity contribution is 0.0756. The monoisotopic (exact) mass is 309 g/mol. The standard InChI is InChI=1S/C14H16ClN3OS/c1-3-12-13(20-17-16-12)14(19)18(4-2)9-10-6-5-7-11(15)8-10/h5-8H,3-4,9H2,1-2H3. The van der Waals surface area contributed by atoms with E-state index < -0.39 is 0 Å². The van der Waals surface area contributed by atoms with E-state index in [-0.39, 0.29) is 5.91 Å². The molecule has 0 bridgehead atoms. The molecular weight excluding hydrogens is 294 g/mol. The summed E-state index contributed by atoms with van der Waals surface area (Å²) in [6.45, 7) is 5.10. The molecule has 20 heavy (non-hydrogen) atoms. The number of benzene rings is 1. The molecule has 4 nitrogen and oxygen atoms in total. The zero-order chi connectivity index (χ0) is 14.5. The SMILES string of the molecule is CCc1nnsc1C(=O)N(CC)Cc1cccc(Cl)c1. The van der Waals surface area contributed by atoms with E-state index in [0.29, 0.717) is 29.4 Å². The van der Waals surface area contributed by atoms with Crippen molar-refractivity contribution in [2.75, 3.05) is 6.54 Å². The maximum atomic E-state index is 12.5. The molecule has 106 valence electrons. The lowest BCUT2D eigenvalue weighted by atomic mass is 10.2. The van der Waals surface area contributed by atoms with Crippen molar-refractivity contribution in [2.45, 2.75) is 26.8 Å².